The molecule has 1 aromatic heterocycles. The third kappa shape index (κ3) is 8.95. The Morgan fingerprint density at radius 1 is 0.851 bits per heavy atom. The predicted molar refractivity (Wildman–Crippen MR) is 182 cm³/mol. The fourth-order valence-electron chi connectivity index (χ4n) is 5.68. The largest absolute Gasteiger partial charge is 0.506 e. The maximum atomic E-state index is 13.1. The summed E-state index contributed by atoms with van der Waals surface area (Å²) in [6.07, 6.45) is 3.43. The molecule has 4 atom stereocenters. The summed E-state index contributed by atoms with van der Waals surface area (Å²) in [5, 5.41) is 16.6. The summed E-state index contributed by atoms with van der Waals surface area (Å²) in [6, 6.07) is 9.57. The number of amides is 1. The van der Waals surface area contributed by atoms with Crippen molar-refractivity contribution in [2.75, 3.05) is 51.3 Å². The van der Waals surface area contributed by atoms with Gasteiger partial charge in [0.25, 0.3) is 10.0 Å². The van der Waals surface area contributed by atoms with Crippen LogP contribution in [0.3, 0.4) is 0 Å². The van der Waals surface area contributed by atoms with Gasteiger partial charge < -0.3 is 48.5 Å². The molecule has 0 radical (unpaired) electrons. The van der Waals surface area contributed by atoms with Crippen molar-refractivity contribution in [1.29, 1.82) is 0 Å². The third-order valence-electron chi connectivity index (χ3n) is 7.91. The molecule has 2 aromatic carbocycles. The first-order chi connectivity index (χ1) is 22.4. The van der Waals surface area contributed by atoms with E-state index < -0.39 is 10.0 Å². The molecule has 2 saturated heterocycles. The third-order valence-corrected chi connectivity index (χ3v) is 9.29. The molecule has 2 aliphatic heterocycles. The molecule has 0 aliphatic carbocycles. The number of aromatic hydroxyl groups is 1. The Morgan fingerprint density at radius 2 is 1.38 bits per heavy atom. The van der Waals surface area contributed by atoms with Gasteiger partial charge in [-0.3, -0.25) is 9.52 Å². The number of phenols is 1. The van der Waals surface area contributed by atoms with E-state index in [0.29, 0.717) is 68.7 Å². The summed E-state index contributed by atoms with van der Waals surface area (Å²) >= 11 is 0. The first kappa shape index (κ1) is 34.1. The number of piperidine rings is 2. The van der Waals surface area contributed by atoms with Crippen molar-refractivity contribution in [2.45, 2.75) is 68.1 Å². The van der Waals surface area contributed by atoms with Gasteiger partial charge in [0.05, 0.1) is 10.6 Å². The standard InChI is InChI=1S/C30H44N12O4S/c1-2-3-4-27(44)35-22-5-8-24(9-6-22)47(45,46)40-25-10-7-23(13-26(25)43)36-28-37-29(41-14-18(31)11-19(32)15-41)39-30(38-28)42-16-20(33)12-21(34)17-42/h5-10,13,18-21,40,43H,2-4,11-12,14-17,31-34H2,1H3,(H,35,44)(H,36,37,38,39)/t18-,19+,20-,21+. The number of hydrogen-bond donors (Lipinski definition) is 8. The number of phenolic OH excluding ortho intramolecular Hbond substituents is 1. The van der Waals surface area contributed by atoms with E-state index in [-0.39, 0.29) is 52.4 Å². The molecule has 16 nitrogen and oxygen atoms in total. The number of nitrogens with zero attached hydrogens (tertiary/aromatic N) is 5. The molecular formula is C30H44N12O4S. The fraction of sp³-hybridized carbons (Fsp3) is 0.467. The Balaban J connectivity index is 1.33. The minimum absolute atomic E-state index is 0.0305. The zero-order chi connectivity index (χ0) is 33.7. The van der Waals surface area contributed by atoms with Crippen molar-refractivity contribution in [3.05, 3.63) is 42.5 Å². The van der Waals surface area contributed by atoms with Crippen molar-refractivity contribution in [3.8, 4) is 5.75 Å². The van der Waals surface area contributed by atoms with E-state index >= 15 is 0 Å². The molecule has 3 heterocycles. The number of benzene rings is 2. The Bertz CT molecular complexity index is 1590. The van der Waals surface area contributed by atoms with Gasteiger partial charge in [-0.2, -0.15) is 15.0 Å². The number of carbonyl (C=O) groups is 1. The monoisotopic (exact) mass is 668 g/mol. The molecule has 3 aromatic rings. The SMILES string of the molecule is CCCCC(=O)Nc1ccc(S(=O)(=O)Nc2ccc(Nc3nc(N4C[C@H](N)C[C@H](N)C4)nc(N4C[C@H](N)C[C@H](N)C4)n3)cc2O)cc1. The van der Waals surface area contributed by atoms with E-state index in [1.54, 1.807) is 6.07 Å². The van der Waals surface area contributed by atoms with Gasteiger partial charge in [-0.15, -0.1) is 0 Å². The molecule has 17 heteroatoms. The molecule has 0 spiro atoms. The summed E-state index contributed by atoms with van der Waals surface area (Å²) in [6.45, 7) is 4.06. The summed E-state index contributed by atoms with van der Waals surface area (Å²) in [5.41, 5.74) is 25.8. The van der Waals surface area contributed by atoms with Crippen molar-refractivity contribution in [1.82, 2.24) is 15.0 Å². The highest BCUT2D eigenvalue weighted by Gasteiger charge is 2.29. The second-order valence-electron chi connectivity index (χ2n) is 12.2. The van der Waals surface area contributed by atoms with Crippen molar-refractivity contribution in [2.24, 2.45) is 22.9 Å². The molecule has 0 saturated carbocycles. The van der Waals surface area contributed by atoms with Gasteiger partial charge in [0.2, 0.25) is 23.8 Å². The van der Waals surface area contributed by atoms with Gasteiger partial charge >= 0.3 is 0 Å². The second kappa shape index (κ2) is 14.6. The second-order valence-corrected chi connectivity index (χ2v) is 13.9. The number of unbranched alkanes of at least 4 members (excludes halogenated alkanes) is 1. The van der Waals surface area contributed by atoms with Crippen molar-refractivity contribution >= 4 is 50.8 Å². The quantitative estimate of drug-likeness (QED) is 0.133. The maximum Gasteiger partial charge on any atom is 0.262 e. The Labute approximate surface area is 274 Å². The van der Waals surface area contributed by atoms with Gasteiger partial charge in [-0.1, -0.05) is 13.3 Å². The fourth-order valence-corrected chi connectivity index (χ4v) is 6.76. The minimum atomic E-state index is -4.05. The average Bonchev–Trinajstić information content (AvgIpc) is 3.00. The van der Waals surface area contributed by atoms with E-state index in [1.807, 2.05) is 16.7 Å². The van der Waals surface area contributed by atoms with Gasteiger partial charge in [0, 0.05) is 74.2 Å². The van der Waals surface area contributed by atoms with Gasteiger partial charge in [0.1, 0.15) is 5.75 Å². The molecular weight excluding hydrogens is 624 g/mol. The van der Waals surface area contributed by atoms with Gasteiger partial charge in [-0.05, 0) is 55.7 Å². The number of anilines is 6. The molecule has 0 bridgehead atoms. The summed E-state index contributed by atoms with van der Waals surface area (Å²) < 4.78 is 28.6. The normalized spacial score (nSPS) is 21.7. The molecule has 2 fully saturated rings. The number of nitrogens with one attached hydrogen (secondary N) is 3. The van der Waals surface area contributed by atoms with Crippen LogP contribution in [0.5, 0.6) is 5.75 Å². The number of carbonyl (C=O) groups excluding carboxylic acids is 1. The van der Waals surface area contributed by atoms with Crippen molar-refractivity contribution < 1.29 is 18.3 Å². The van der Waals surface area contributed by atoms with E-state index in [4.69, 9.17) is 27.9 Å². The van der Waals surface area contributed by atoms with Gasteiger partial charge in [0.15, 0.2) is 0 Å². The number of aromatic nitrogens is 3. The van der Waals surface area contributed by atoms with Crippen LogP contribution in [-0.2, 0) is 14.8 Å². The highest BCUT2D eigenvalue weighted by atomic mass is 32.2. The number of hydrogen-bond acceptors (Lipinski definition) is 14. The van der Waals surface area contributed by atoms with Crippen LogP contribution in [0, 0.1) is 0 Å². The van der Waals surface area contributed by atoms with Crippen LogP contribution in [-0.4, -0.2) is 84.7 Å². The molecule has 2 aliphatic rings. The maximum absolute atomic E-state index is 13.1. The molecule has 5 rings (SSSR count). The number of rotatable bonds is 11. The van der Waals surface area contributed by atoms with E-state index in [9.17, 15) is 18.3 Å². The van der Waals surface area contributed by atoms with Crippen LogP contribution in [0.4, 0.5) is 34.9 Å². The number of nitrogens with two attached hydrogens (primary N) is 4. The predicted octanol–water partition coefficient (Wildman–Crippen LogP) is 0.980. The molecule has 47 heavy (non-hydrogen) atoms. The summed E-state index contributed by atoms with van der Waals surface area (Å²) in [7, 11) is -4.05. The highest BCUT2D eigenvalue weighted by molar-refractivity contribution is 7.92. The minimum Gasteiger partial charge on any atom is -0.506 e. The van der Waals surface area contributed by atoms with Crippen LogP contribution in [0.1, 0.15) is 39.0 Å². The first-order valence-electron chi connectivity index (χ1n) is 15.7. The van der Waals surface area contributed by atoms with E-state index in [0.717, 1.165) is 12.8 Å². The van der Waals surface area contributed by atoms with Crippen LogP contribution >= 0.6 is 0 Å². The van der Waals surface area contributed by atoms with Crippen LogP contribution in [0.2, 0.25) is 0 Å². The van der Waals surface area contributed by atoms with Crippen LogP contribution < -0.4 is 48.1 Å². The lowest BCUT2D eigenvalue weighted by Gasteiger charge is -2.37. The van der Waals surface area contributed by atoms with Crippen LogP contribution in [0.25, 0.3) is 0 Å². The molecule has 254 valence electrons. The molecule has 12 N–H and O–H groups in total. The van der Waals surface area contributed by atoms with E-state index in [2.05, 4.69) is 25.3 Å². The Morgan fingerprint density at radius 3 is 1.89 bits per heavy atom. The average molecular weight is 669 g/mol. The lowest BCUT2D eigenvalue weighted by molar-refractivity contribution is -0.116. The smallest absolute Gasteiger partial charge is 0.262 e. The van der Waals surface area contributed by atoms with Crippen LogP contribution in [0.15, 0.2) is 47.4 Å². The highest BCUT2D eigenvalue weighted by Crippen LogP contribution is 2.31. The first-order valence-corrected chi connectivity index (χ1v) is 17.2. The van der Waals surface area contributed by atoms with Crippen molar-refractivity contribution in [3.63, 3.8) is 0 Å². The topological polar surface area (TPSA) is 257 Å². The Hall–Kier alpha value is -4.29. The summed E-state index contributed by atoms with van der Waals surface area (Å²) in [5.74, 6) is 0.504. The number of sulfonamides is 1. The lowest BCUT2D eigenvalue weighted by Crippen LogP contribution is -2.54. The zero-order valence-electron chi connectivity index (χ0n) is 26.3. The molecule has 1 amide bonds. The Kier molecular flexibility index (Phi) is 10.6. The van der Waals surface area contributed by atoms with Gasteiger partial charge in [-0.25, -0.2) is 8.42 Å². The summed E-state index contributed by atoms with van der Waals surface area (Å²) in [4.78, 5) is 29.7. The zero-order valence-corrected chi connectivity index (χ0v) is 27.2. The molecule has 0 unspecified atom stereocenters. The lowest BCUT2D eigenvalue weighted by atomic mass is 10.0. The van der Waals surface area contributed by atoms with E-state index in [1.165, 1.54) is 36.4 Å².